The molecule has 1 rings (SSSR count). The summed E-state index contributed by atoms with van der Waals surface area (Å²) < 4.78 is 28.4. The quantitative estimate of drug-likeness (QED) is 0.488. The fourth-order valence-electron chi connectivity index (χ4n) is 1.83. The molecule has 0 amide bonds. The Balaban J connectivity index is 1.99. The van der Waals surface area contributed by atoms with Gasteiger partial charge in [-0.25, -0.2) is 4.39 Å². The van der Waals surface area contributed by atoms with E-state index in [0.717, 1.165) is 37.7 Å². The molecule has 0 spiro atoms. The zero-order valence-corrected chi connectivity index (χ0v) is 12.7. The lowest BCUT2D eigenvalue weighted by molar-refractivity contribution is 0.133. The van der Waals surface area contributed by atoms with Gasteiger partial charge in [-0.05, 0) is 37.0 Å². The predicted octanol–water partition coefficient (Wildman–Crippen LogP) is 3.22. The van der Waals surface area contributed by atoms with Gasteiger partial charge < -0.3 is 13.3 Å². The van der Waals surface area contributed by atoms with Crippen LogP contribution >= 0.6 is 0 Å². The Morgan fingerprint density at radius 1 is 1.05 bits per heavy atom. The fourth-order valence-corrected chi connectivity index (χ4v) is 2.55. The zero-order chi connectivity index (χ0) is 13.9. The molecule has 107 valence electrons. The predicted molar refractivity (Wildman–Crippen MR) is 74.3 cm³/mol. The maximum Gasteiger partial charge on any atom is 0.577 e. The molecule has 0 aliphatic carbocycles. The maximum atomic E-state index is 12.9. The summed E-state index contributed by atoms with van der Waals surface area (Å²) in [4.78, 5) is 0. The average molecular weight is 285 g/mol. The summed E-state index contributed by atoms with van der Waals surface area (Å²) in [6, 6.07) is 6.82. The lowest BCUT2D eigenvalue weighted by atomic mass is 10.1. The SMILES string of the molecule is CO[Si](OC)OCCCCCCc1cccc(F)c1. The highest BCUT2D eigenvalue weighted by Crippen LogP contribution is 2.09. The number of hydrogen-bond donors (Lipinski definition) is 0. The Morgan fingerprint density at radius 3 is 2.47 bits per heavy atom. The van der Waals surface area contributed by atoms with Crippen molar-refractivity contribution in [3.05, 3.63) is 35.6 Å². The minimum Gasteiger partial charge on any atom is -0.375 e. The summed E-state index contributed by atoms with van der Waals surface area (Å²) in [7, 11) is 1.68. The lowest BCUT2D eigenvalue weighted by Gasteiger charge is -2.09. The van der Waals surface area contributed by atoms with Gasteiger partial charge in [-0.2, -0.15) is 0 Å². The number of hydrogen-bond acceptors (Lipinski definition) is 3. The van der Waals surface area contributed by atoms with E-state index in [1.165, 1.54) is 6.07 Å². The molecule has 0 aliphatic heterocycles. The van der Waals surface area contributed by atoms with Gasteiger partial charge in [-0.1, -0.05) is 25.0 Å². The normalized spacial score (nSPS) is 11.2. The number of benzene rings is 1. The monoisotopic (exact) mass is 285 g/mol. The standard InChI is InChI=1S/C14H22FO3Si/c1-16-19(17-2)18-11-6-4-3-5-8-13-9-7-10-14(15)12-13/h7,9-10,12H,3-6,8,11H2,1-2H3. The van der Waals surface area contributed by atoms with Gasteiger partial charge in [0.05, 0.1) is 0 Å². The first-order valence-electron chi connectivity index (χ1n) is 6.58. The van der Waals surface area contributed by atoms with E-state index in [0.29, 0.717) is 6.61 Å². The van der Waals surface area contributed by atoms with Crippen LogP contribution in [0.5, 0.6) is 0 Å². The average Bonchev–Trinajstić information content (AvgIpc) is 2.42. The van der Waals surface area contributed by atoms with Crippen LogP contribution < -0.4 is 0 Å². The minimum absolute atomic E-state index is 0.153. The molecule has 0 aliphatic rings. The van der Waals surface area contributed by atoms with Gasteiger partial charge in [0.1, 0.15) is 5.82 Å². The summed E-state index contributed by atoms with van der Waals surface area (Å²) >= 11 is 0. The highest BCUT2D eigenvalue weighted by molar-refractivity contribution is 6.36. The van der Waals surface area contributed by atoms with Gasteiger partial charge in [-0.3, -0.25) is 0 Å². The second-order valence-corrected chi connectivity index (χ2v) is 5.91. The highest BCUT2D eigenvalue weighted by atomic mass is 28.3. The van der Waals surface area contributed by atoms with E-state index in [2.05, 4.69) is 0 Å². The van der Waals surface area contributed by atoms with Crippen LogP contribution in [0.15, 0.2) is 24.3 Å². The molecule has 1 radical (unpaired) electrons. The Hall–Kier alpha value is -0.753. The van der Waals surface area contributed by atoms with E-state index in [-0.39, 0.29) is 5.82 Å². The van der Waals surface area contributed by atoms with Crippen LogP contribution in [-0.4, -0.2) is 30.4 Å². The molecular weight excluding hydrogens is 263 g/mol. The van der Waals surface area contributed by atoms with E-state index in [9.17, 15) is 4.39 Å². The number of unbranched alkanes of at least 4 members (excludes halogenated alkanes) is 3. The van der Waals surface area contributed by atoms with Crippen LogP contribution in [0.25, 0.3) is 0 Å². The molecule has 0 atom stereocenters. The summed E-state index contributed by atoms with van der Waals surface area (Å²) in [6.07, 6.45) is 5.25. The smallest absolute Gasteiger partial charge is 0.375 e. The van der Waals surface area contributed by atoms with E-state index in [1.54, 1.807) is 26.4 Å². The van der Waals surface area contributed by atoms with Gasteiger partial charge in [0.15, 0.2) is 0 Å². The van der Waals surface area contributed by atoms with Gasteiger partial charge in [0.2, 0.25) is 0 Å². The second kappa shape index (κ2) is 10.1. The third-order valence-corrected chi connectivity index (χ3v) is 3.91. The van der Waals surface area contributed by atoms with Crippen molar-refractivity contribution in [2.75, 3.05) is 20.8 Å². The molecular formula is C14H22FO3Si. The van der Waals surface area contributed by atoms with Crippen LogP contribution in [0.3, 0.4) is 0 Å². The van der Waals surface area contributed by atoms with Crippen molar-refractivity contribution in [3.8, 4) is 0 Å². The van der Waals surface area contributed by atoms with Crippen LogP contribution in [0.2, 0.25) is 0 Å². The van der Waals surface area contributed by atoms with Crippen LogP contribution in [0.1, 0.15) is 31.2 Å². The number of rotatable bonds is 10. The summed E-state index contributed by atoms with van der Waals surface area (Å²) in [6.45, 7) is 0.677. The van der Waals surface area contributed by atoms with Gasteiger partial charge in [0, 0.05) is 20.8 Å². The summed E-state index contributed by atoms with van der Waals surface area (Å²) in [5, 5.41) is 0. The Kier molecular flexibility index (Phi) is 8.65. The molecule has 0 aromatic heterocycles. The van der Waals surface area contributed by atoms with Crippen molar-refractivity contribution in [2.24, 2.45) is 0 Å². The fraction of sp³-hybridized carbons (Fsp3) is 0.571. The molecule has 0 unspecified atom stereocenters. The van der Waals surface area contributed by atoms with Crippen LogP contribution in [0, 0.1) is 5.82 Å². The van der Waals surface area contributed by atoms with Gasteiger partial charge >= 0.3 is 9.53 Å². The van der Waals surface area contributed by atoms with Crippen molar-refractivity contribution in [1.82, 2.24) is 0 Å². The summed E-state index contributed by atoms with van der Waals surface area (Å²) in [5.74, 6) is -0.153. The summed E-state index contributed by atoms with van der Waals surface area (Å²) in [5.41, 5.74) is 1.07. The van der Waals surface area contributed by atoms with Gasteiger partial charge in [-0.15, -0.1) is 0 Å². The molecule has 0 saturated heterocycles. The van der Waals surface area contributed by atoms with E-state index in [4.69, 9.17) is 13.3 Å². The Morgan fingerprint density at radius 2 is 1.79 bits per heavy atom. The van der Waals surface area contributed by atoms with E-state index >= 15 is 0 Å². The third kappa shape index (κ3) is 7.42. The van der Waals surface area contributed by atoms with Crippen LogP contribution in [-0.2, 0) is 19.7 Å². The highest BCUT2D eigenvalue weighted by Gasteiger charge is 2.13. The van der Waals surface area contributed by atoms with Crippen molar-refractivity contribution >= 4 is 9.53 Å². The molecule has 0 saturated carbocycles. The molecule has 0 fully saturated rings. The Bertz CT molecular complexity index is 345. The second-order valence-electron chi connectivity index (χ2n) is 4.30. The first-order chi connectivity index (χ1) is 9.26. The van der Waals surface area contributed by atoms with Crippen molar-refractivity contribution in [1.29, 1.82) is 0 Å². The molecule has 3 nitrogen and oxygen atoms in total. The number of aryl methyl sites for hydroxylation is 1. The zero-order valence-electron chi connectivity index (χ0n) is 11.7. The lowest BCUT2D eigenvalue weighted by Crippen LogP contribution is -2.24. The maximum absolute atomic E-state index is 12.9. The van der Waals surface area contributed by atoms with Crippen LogP contribution in [0.4, 0.5) is 4.39 Å². The molecule has 0 N–H and O–H groups in total. The molecule has 1 aromatic carbocycles. The van der Waals surface area contributed by atoms with E-state index < -0.39 is 9.53 Å². The molecule has 0 heterocycles. The first kappa shape index (κ1) is 16.3. The molecule has 5 heteroatoms. The molecule has 1 aromatic rings. The Labute approximate surface area is 116 Å². The van der Waals surface area contributed by atoms with Gasteiger partial charge in [0.25, 0.3) is 0 Å². The van der Waals surface area contributed by atoms with E-state index in [1.807, 2.05) is 6.07 Å². The number of halogens is 1. The molecule has 0 bridgehead atoms. The third-order valence-electron chi connectivity index (χ3n) is 2.80. The molecule has 19 heavy (non-hydrogen) atoms. The van der Waals surface area contributed by atoms with Crippen molar-refractivity contribution in [3.63, 3.8) is 0 Å². The van der Waals surface area contributed by atoms with Crippen molar-refractivity contribution < 1.29 is 17.7 Å². The minimum atomic E-state index is -1.50. The topological polar surface area (TPSA) is 27.7 Å². The first-order valence-corrected chi connectivity index (χ1v) is 7.81. The largest absolute Gasteiger partial charge is 0.577 e. The van der Waals surface area contributed by atoms with Crippen molar-refractivity contribution in [2.45, 2.75) is 32.1 Å².